The van der Waals surface area contributed by atoms with Crippen LogP contribution in [0.1, 0.15) is 41.1 Å². The van der Waals surface area contributed by atoms with Gasteiger partial charge < -0.3 is 15.0 Å². The molecular weight excluding hydrogens is 414 g/mol. The zero-order valence-corrected chi connectivity index (χ0v) is 18.9. The van der Waals surface area contributed by atoms with E-state index in [-0.39, 0.29) is 25.0 Å². The van der Waals surface area contributed by atoms with Crippen molar-refractivity contribution >= 4 is 27.8 Å². The Hall–Kier alpha value is -3.29. The average Bonchev–Trinajstić information content (AvgIpc) is 3.46. The van der Waals surface area contributed by atoms with Gasteiger partial charge in [-0.05, 0) is 44.2 Å². The molecule has 1 atom stereocenters. The largest absolute Gasteiger partial charge is 0.395 e. The minimum atomic E-state index is -0.171. The van der Waals surface area contributed by atoms with Crippen LogP contribution >= 0.6 is 0 Å². The fraction of sp³-hybridized carbons (Fsp3) is 0.346. The van der Waals surface area contributed by atoms with Gasteiger partial charge in [0.1, 0.15) is 5.82 Å². The van der Waals surface area contributed by atoms with Gasteiger partial charge >= 0.3 is 0 Å². The molecule has 7 heteroatoms. The van der Waals surface area contributed by atoms with Gasteiger partial charge in [0.2, 0.25) is 0 Å². The van der Waals surface area contributed by atoms with Crippen LogP contribution in [0.25, 0.3) is 21.9 Å². The van der Waals surface area contributed by atoms with Gasteiger partial charge in [-0.1, -0.05) is 30.3 Å². The van der Waals surface area contributed by atoms with Gasteiger partial charge in [0, 0.05) is 36.6 Å². The van der Waals surface area contributed by atoms with Crippen molar-refractivity contribution in [2.24, 2.45) is 0 Å². The topological polar surface area (TPSA) is 83.3 Å². The van der Waals surface area contributed by atoms with Crippen LogP contribution in [0.15, 0.2) is 54.6 Å². The minimum absolute atomic E-state index is 0.0816. The number of amides is 1. The summed E-state index contributed by atoms with van der Waals surface area (Å²) in [4.78, 5) is 25.0. The number of hydrogen-bond acceptors (Lipinski definition) is 5. The normalized spacial score (nSPS) is 16.6. The number of benzene rings is 2. The second-order valence-corrected chi connectivity index (χ2v) is 8.57. The number of nitrogens with zero attached hydrogens (tertiary/aromatic N) is 4. The molecule has 1 aliphatic heterocycles. The van der Waals surface area contributed by atoms with Crippen molar-refractivity contribution in [3.63, 3.8) is 0 Å². The molecule has 1 fully saturated rings. The molecule has 3 heterocycles. The number of rotatable bonds is 7. The number of pyridine rings is 1. The van der Waals surface area contributed by atoms with Gasteiger partial charge in [0.05, 0.1) is 35.3 Å². The number of fused-ring (bicyclic) bond motifs is 2. The Labute approximate surface area is 193 Å². The van der Waals surface area contributed by atoms with Crippen molar-refractivity contribution in [1.29, 1.82) is 0 Å². The highest BCUT2D eigenvalue weighted by molar-refractivity contribution is 6.06. The van der Waals surface area contributed by atoms with E-state index in [1.807, 2.05) is 36.4 Å². The predicted molar refractivity (Wildman–Crippen MR) is 129 cm³/mol. The molecule has 170 valence electrons. The molecule has 4 aromatic rings. The summed E-state index contributed by atoms with van der Waals surface area (Å²) < 4.78 is 2.29. The lowest BCUT2D eigenvalue weighted by Crippen LogP contribution is -2.27. The lowest BCUT2D eigenvalue weighted by molar-refractivity contribution is 0.0946. The number of carbonyl (C=O) groups is 1. The Morgan fingerprint density at radius 2 is 1.91 bits per heavy atom. The van der Waals surface area contributed by atoms with Crippen LogP contribution in [0.2, 0.25) is 0 Å². The molecule has 0 radical (unpaired) electrons. The van der Waals surface area contributed by atoms with Gasteiger partial charge in [-0.3, -0.25) is 14.7 Å². The summed E-state index contributed by atoms with van der Waals surface area (Å²) in [7, 11) is 0. The average molecular weight is 444 g/mol. The molecule has 2 aromatic heterocycles. The molecule has 7 nitrogen and oxygen atoms in total. The first-order chi connectivity index (χ1) is 16.2. The number of hydrogen-bond donors (Lipinski definition) is 2. The summed E-state index contributed by atoms with van der Waals surface area (Å²) in [6.45, 7) is 5.87. The Kier molecular flexibility index (Phi) is 6.07. The maximum Gasteiger partial charge on any atom is 0.252 e. The zero-order valence-electron chi connectivity index (χ0n) is 18.9. The summed E-state index contributed by atoms with van der Waals surface area (Å²) in [5.74, 6) is 1.18. The molecular formula is C26H29N5O2. The quantitative estimate of drug-likeness (QED) is 0.458. The Balaban J connectivity index is 1.39. The number of nitrogens with one attached hydrogen (secondary N) is 1. The summed E-state index contributed by atoms with van der Waals surface area (Å²) in [5.41, 5.74) is 4.63. The summed E-state index contributed by atoms with van der Waals surface area (Å²) in [6, 6.07) is 18.0. The molecule has 0 spiro atoms. The van der Waals surface area contributed by atoms with E-state index in [1.54, 1.807) is 0 Å². The number of aryl methyl sites for hydroxylation is 1. The third-order valence-electron chi connectivity index (χ3n) is 6.48. The van der Waals surface area contributed by atoms with Gasteiger partial charge in [-0.25, -0.2) is 4.98 Å². The van der Waals surface area contributed by atoms with Crippen molar-refractivity contribution in [1.82, 2.24) is 24.8 Å². The van der Waals surface area contributed by atoms with Crippen LogP contribution in [0.4, 0.5) is 0 Å². The first-order valence-corrected chi connectivity index (χ1v) is 11.6. The minimum Gasteiger partial charge on any atom is -0.395 e. The van der Waals surface area contributed by atoms with E-state index in [0.717, 1.165) is 60.5 Å². The molecule has 0 saturated carbocycles. The number of aliphatic hydroxyl groups excluding tert-OH is 1. The van der Waals surface area contributed by atoms with Gasteiger partial charge in [-0.2, -0.15) is 0 Å². The first-order valence-electron chi connectivity index (χ1n) is 11.6. The molecule has 5 rings (SSSR count). The molecule has 2 aromatic carbocycles. The number of para-hydroxylation sites is 3. The maximum absolute atomic E-state index is 12.8. The van der Waals surface area contributed by atoms with Gasteiger partial charge in [-0.15, -0.1) is 0 Å². The van der Waals surface area contributed by atoms with E-state index in [9.17, 15) is 4.79 Å². The molecule has 0 bridgehead atoms. The van der Waals surface area contributed by atoms with Crippen LogP contribution < -0.4 is 5.32 Å². The van der Waals surface area contributed by atoms with Crippen molar-refractivity contribution in [2.45, 2.75) is 32.4 Å². The van der Waals surface area contributed by atoms with Crippen LogP contribution in [0, 0.1) is 0 Å². The van der Waals surface area contributed by atoms with Crippen LogP contribution in [-0.2, 0) is 13.1 Å². The second kappa shape index (κ2) is 9.29. The predicted octanol–water partition coefficient (Wildman–Crippen LogP) is 3.32. The van der Waals surface area contributed by atoms with Crippen LogP contribution in [0.5, 0.6) is 0 Å². The van der Waals surface area contributed by atoms with Crippen molar-refractivity contribution in [3.8, 4) is 0 Å². The molecule has 1 unspecified atom stereocenters. The van der Waals surface area contributed by atoms with Gasteiger partial charge in [0.15, 0.2) is 0 Å². The van der Waals surface area contributed by atoms with E-state index in [1.165, 1.54) is 5.52 Å². The van der Waals surface area contributed by atoms with Crippen LogP contribution in [0.3, 0.4) is 0 Å². The fourth-order valence-electron chi connectivity index (χ4n) is 4.87. The summed E-state index contributed by atoms with van der Waals surface area (Å²) >= 11 is 0. The fourth-order valence-corrected chi connectivity index (χ4v) is 4.87. The molecule has 1 saturated heterocycles. The Morgan fingerprint density at radius 3 is 2.73 bits per heavy atom. The van der Waals surface area contributed by atoms with E-state index in [4.69, 9.17) is 15.1 Å². The standard InChI is InChI=1S/C26H29N5O2/c1-2-31-24-10-6-5-9-22(24)29-25(31)17-30-13-11-18(16-30)23-15-20(26(33)27-12-14-32)19-7-3-4-8-21(19)28-23/h3-10,15,18,32H,2,11-14,16-17H2,1H3,(H,27,33). The third kappa shape index (κ3) is 4.21. The van der Waals surface area contributed by atoms with Crippen molar-refractivity contribution in [3.05, 3.63) is 71.7 Å². The third-order valence-corrected chi connectivity index (χ3v) is 6.48. The molecule has 1 aliphatic rings. The number of imidazole rings is 1. The molecule has 2 N–H and O–H groups in total. The van der Waals surface area contributed by atoms with E-state index in [2.05, 4.69) is 39.9 Å². The molecule has 1 amide bonds. The van der Waals surface area contributed by atoms with E-state index < -0.39 is 0 Å². The number of carbonyl (C=O) groups excluding carboxylic acids is 1. The monoisotopic (exact) mass is 443 g/mol. The molecule has 0 aliphatic carbocycles. The number of aliphatic hydroxyl groups is 1. The van der Waals surface area contributed by atoms with Crippen molar-refractivity contribution in [2.75, 3.05) is 26.2 Å². The highest BCUT2D eigenvalue weighted by atomic mass is 16.3. The van der Waals surface area contributed by atoms with Crippen LogP contribution in [-0.4, -0.2) is 56.7 Å². The molecule has 33 heavy (non-hydrogen) atoms. The van der Waals surface area contributed by atoms with Crippen molar-refractivity contribution < 1.29 is 9.90 Å². The van der Waals surface area contributed by atoms with E-state index >= 15 is 0 Å². The SMILES string of the molecule is CCn1c(CN2CCC(c3cc(C(=O)NCCO)c4ccccc4n3)C2)nc2ccccc21. The summed E-state index contributed by atoms with van der Waals surface area (Å²) in [5, 5.41) is 12.7. The number of likely N-dealkylation sites (tertiary alicyclic amines) is 1. The smallest absolute Gasteiger partial charge is 0.252 e. The second-order valence-electron chi connectivity index (χ2n) is 8.57. The highest BCUT2D eigenvalue weighted by Crippen LogP contribution is 2.30. The Bertz CT molecular complexity index is 1300. The number of aromatic nitrogens is 3. The van der Waals surface area contributed by atoms with E-state index in [0.29, 0.717) is 5.56 Å². The summed E-state index contributed by atoms with van der Waals surface area (Å²) in [6.07, 6.45) is 0.995. The first kappa shape index (κ1) is 21.6. The highest BCUT2D eigenvalue weighted by Gasteiger charge is 2.27. The lowest BCUT2D eigenvalue weighted by Gasteiger charge is -2.17. The lowest BCUT2D eigenvalue weighted by atomic mass is 9.99. The van der Waals surface area contributed by atoms with Gasteiger partial charge in [0.25, 0.3) is 5.91 Å². The Morgan fingerprint density at radius 1 is 1.12 bits per heavy atom. The zero-order chi connectivity index (χ0) is 22.8. The maximum atomic E-state index is 12.8.